The second-order valence-corrected chi connectivity index (χ2v) is 7.87. The van der Waals surface area contributed by atoms with Gasteiger partial charge in [-0.3, -0.25) is 0 Å². The highest BCUT2D eigenvalue weighted by molar-refractivity contribution is 6.38. The van der Waals surface area contributed by atoms with Crippen molar-refractivity contribution in [1.29, 1.82) is 0 Å². The molecule has 8 heteroatoms. The van der Waals surface area contributed by atoms with Crippen LogP contribution < -0.4 is 10.8 Å². The Morgan fingerprint density at radius 3 is 2.50 bits per heavy atom. The summed E-state index contributed by atoms with van der Waals surface area (Å²) in [5.74, 6) is 1.11. The number of halogens is 3. The van der Waals surface area contributed by atoms with E-state index in [1.165, 1.54) is 0 Å². The first kappa shape index (κ1) is 19.0. The van der Waals surface area contributed by atoms with Crippen molar-refractivity contribution in [2.24, 2.45) is 5.10 Å². The summed E-state index contributed by atoms with van der Waals surface area (Å²) in [7, 11) is 0. The first-order chi connectivity index (χ1) is 14.6. The largest absolute Gasteiger partial charge is 0.454 e. The Hall–Kier alpha value is -2.99. The van der Waals surface area contributed by atoms with Crippen LogP contribution in [-0.4, -0.2) is 9.97 Å². The van der Waals surface area contributed by atoms with Crippen LogP contribution in [0.3, 0.4) is 0 Å². The molecule has 30 heavy (non-hydrogen) atoms. The molecule has 0 unspecified atom stereocenters. The van der Waals surface area contributed by atoms with Crippen molar-refractivity contribution in [2.75, 3.05) is 5.43 Å². The topological polar surface area (TPSA) is 66.2 Å². The second-order valence-electron chi connectivity index (χ2n) is 6.59. The molecule has 2 heterocycles. The van der Waals surface area contributed by atoms with Crippen molar-refractivity contribution in [2.45, 2.75) is 0 Å². The molecule has 5 nitrogen and oxygen atoms in total. The Labute approximate surface area is 185 Å². The number of aromatic amines is 1. The molecule has 0 aliphatic carbocycles. The van der Waals surface area contributed by atoms with Gasteiger partial charge in [0.1, 0.15) is 5.76 Å². The van der Waals surface area contributed by atoms with E-state index in [0.29, 0.717) is 43.1 Å². The lowest BCUT2D eigenvalue weighted by atomic mass is 10.1. The van der Waals surface area contributed by atoms with Crippen molar-refractivity contribution in [1.82, 2.24) is 9.97 Å². The van der Waals surface area contributed by atoms with E-state index in [2.05, 4.69) is 20.5 Å². The SMILES string of the molecule is Clc1ccc(-c2c/c(=N\Nc3nc4ccccc4[nH]3)c3cc(Cl)cc(Cl)c3o2)cc1. The number of para-hydroxylation sites is 2. The van der Waals surface area contributed by atoms with Gasteiger partial charge in [-0.2, -0.15) is 5.10 Å². The maximum Gasteiger partial charge on any atom is 0.222 e. The Balaban J connectivity index is 1.68. The Bertz CT molecular complexity index is 1420. The molecule has 0 fully saturated rings. The lowest BCUT2D eigenvalue weighted by Crippen LogP contribution is -2.08. The smallest absolute Gasteiger partial charge is 0.222 e. The van der Waals surface area contributed by atoms with Gasteiger partial charge >= 0.3 is 0 Å². The molecule has 0 bridgehead atoms. The van der Waals surface area contributed by atoms with E-state index in [1.54, 1.807) is 24.3 Å². The molecule has 148 valence electrons. The monoisotopic (exact) mass is 454 g/mol. The molecule has 5 rings (SSSR count). The molecule has 5 aromatic rings. The molecule has 0 radical (unpaired) electrons. The van der Waals surface area contributed by atoms with Crippen LogP contribution in [0, 0.1) is 0 Å². The number of nitrogens with zero attached hydrogens (tertiary/aromatic N) is 2. The number of hydrogen-bond donors (Lipinski definition) is 2. The highest BCUT2D eigenvalue weighted by atomic mass is 35.5. The van der Waals surface area contributed by atoms with E-state index in [0.717, 1.165) is 16.6 Å². The number of rotatable bonds is 3. The third-order valence-electron chi connectivity index (χ3n) is 4.56. The third-order valence-corrected chi connectivity index (χ3v) is 5.32. The number of fused-ring (bicyclic) bond motifs is 2. The number of H-pyrrole nitrogens is 1. The molecule has 0 saturated heterocycles. The fraction of sp³-hybridized carbons (Fsp3) is 0. The van der Waals surface area contributed by atoms with Gasteiger partial charge in [-0.1, -0.05) is 46.9 Å². The van der Waals surface area contributed by atoms with Gasteiger partial charge in [-0.05, 0) is 48.5 Å². The molecule has 0 amide bonds. The molecule has 3 aromatic carbocycles. The number of benzene rings is 3. The average Bonchev–Trinajstić information content (AvgIpc) is 3.16. The minimum atomic E-state index is 0.397. The summed E-state index contributed by atoms with van der Waals surface area (Å²) in [6, 6.07) is 20.3. The van der Waals surface area contributed by atoms with Gasteiger partial charge in [-0.25, -0.2) is 10.4 Å². The molecule has 0 aliphatic heterocycles. The zero-order valence-corrected chi connectivity index (χ0v) is 17.6. The third kappa shape index (κ3) is 3.63. The Kier molecular flexibility index (Phi) is 4.87. The lowest BCUT2D eigenvalue weighted by molar-refractivity contribution is 0.618. The summed E-state index contributed by atoms with van der Waals surface area (Å²) in [6.45, 7) is 0. The van der Waals surface area contributed by atoms with E-state index in [9.17, 15) is 0 Å². The first-order valence-corrected chi connectivity index (χ1v) is 10.1. The van der Waals surface area contributed by atoms with Crippen molar-refractivity contribution in [3.8, 4) is 11.3 Å². The summed E-state index contributed by atoms with van der Waals surface area (Å²) >= 11 is 18.6. The number of imidazole rings is 1. The van der Waals surface area contributed by atoms with Gasteiger partial charge in [0, 0.05) is 27.1 Å². The van der Waals surface area contributed by atoms with Crippen LogP contribution in [0.15, 0.2) is 76.2 Å². The van der Waals surface area contributed by atoms with Crippen molar-refractivity contribution >= 4 is 62.8 Å². The van der Waals surface area contributed by atoms with E-state index in [4.69, 9.17) is 39.2 Å². The molecule has 0 spiro atoms. The van der Waals surface area contributed by atoms with Crippen molar-refractivity contribution < 1.29 is 4.42 Å². The highest BCUT2D eigenvalue weighted by Crippen LogP contribution is 2.30. The summed E-state index contributed by atoms with van der Waals surface area (Å²) in [5, 5.41) is 7.34. The molecule has 2 N–H and O–H groups in total. The quantitative estimate of drug-likeness (QED) is 0.292. The van der Waals surface area contributed by atoms with E-state index < -0.39 is 0 Å². The van der Waals surface area contributed by atoms with E-state index in [1.807, 2.05) is 42.5 Å². The van der Waals surface area contributed by atoms with Gasteiger partial charge in [-0.15, -0.1) is 0 Å². The maximum absolute atomic E-state index is 6.41. The standard InChI is InChI=1S/C22H13Cl3N4O/c23-13-7-5-12(6-8-13)20-11-19(15-9-14(24)10-16(25)21(15)30-20)28-29-22-26-17-3-1-2-4-18(17)27-22/h1-11H,(H2,26,27,29)/b28-19+. The Morgan fingerprint density at radius 1 is 0.900 bits per heavy atom. The van der Waals surface area contributed by atoms with Crippen LogP contribution in [0.25, 0.3) is 33.3 Å². The van der Waals surface area contributed by atoms with Crippen LogP contribution in [0.2, 0.25) is 15.1 Å². The van der Waals surface area contributed by atoms with E-state index in [-0.39, 0.29) is 0 Å². The zero-order valence-electron chi connectivity index (χ0n) is 15.3. The maximum atomic E-state index is 6.41. The van der Waals surface area contributed by atoms with Crippen LogP contribution in [-0.2, 0) is 0 Å². The summed E-state index contributed by atoms with van der Waals surface area (Å²) in [6.07, 6.45) is 0. The number of anilines is 1. The molecular formula is C22H13Cl3N4O. The normalized spacial score (nSPS) is 12.0. The minimum absolute atomic E-state index is 0.397. The second kappa shape index (κ2) is 7.69. The summed E-state index contributed by atoms with van der Waals surface area (Å²) < 4.78 is 6.07. The fourth-order valence-corrected chi connectivity index (χ4v) is 3.82. The number of nitrogens with one attached hydrogen (secondary N) is 2. The van der Waals surface area contributed by atoms with Crippen molar-refractivity contribution in [3.05, 3.63) is 87.2 Å². The predicted molar refractivity (Wildman–Crippen MR) is 122 cm³/mol. The number of hydrogen-bond acceptors (Lipinski definition) is 4. The molecule has 2 aromatic heterocycles. The van der Waals surface area contributed by atoms with Crippen LogP contribution in [0.1, 0.15) is 0 Å². The fourth-order valence-electron chi connectivity index (χ4n) is 3.16. The van der Waals surface area contributed by atoms with Gasteiger partial charge in [0.25, 0.3) is 0 Å². The first-order valence-electron chi connectivity index (χ1n) is 9.00. The predicted octanol–water partition coefficient (Wildman–Crippen LogP) is 6.86. The summed E-state index contributed by atoms with van der Waals surface area (Å²) in [4.78, 5) is 7.67. The highest BCUT2D eigenvalue weighted by Gasteiger charge is 2.11. The van der Waals surface area contributed by atoms with Gasteiger partial charge in [0.15, 0.2) is 5.58 Å². The van der Waals surface area contributed by atoms with Crippen LogP contribution in [0.4, 0.5) is 5.95 Å². The van der Waals surface area contributed by atoms with Gasteiger partial charge in [0.05, 0.1) is 21.4 Å². The van der Waals surface area contributed by atoms with Crippen LogP contribution in [0.5, 0.6) is 0 Å². The van der Waals surface area contributed by atoms with Crippen molar-refractivity contribution in [3.63, 3.8) is 0 Å². The molecule has 0 atom stereocenters. The lowest BCUT2D eigenvalue weighted by Gasteiger charge is -2.07. The van der Waals surface area contributed by atoms with Gasteiger partial charge < -0.3 is 9.40 Å². The van der Waals surface area contributed by atoms with Gasteiger partial charge in [0.2, 0.25) is 5.95 Å². The van der Waals surface area contributed by atoms with Crippen LogP contribution >= 0.6 is 34.8 Å². The molecule has 0 aliphatic rings. The van der Waals surface area contributed by atoms with E-state index >= 15 is 0 Å². The number of aromatic nitrogens is 2. The molecule has 0 saturated carbocycles. The summed E-state index contributed by atoms with van der Waals surface area (Å²) in [5.41, 5.74) is 6.06. The zero-order chi connectivity index (χ0) is 20.7. The Morgan fingerprint density at radius 2 is 1.70 bits per heavy atom. The average molecular weight is 456 g/mol. The minimum Gasteiger partial charge on any atom is -0.454 e. The molecular weight excluding hydrogens is 443 g/mol.